The maximum absolute atomic E-state index is 11.2. The second-order valence-electron chi connectivity index (χ2n) is 4.64. The molecule has 1 heterocycles. The van der Waals surface area contributed by atoms with Gasteiger partial charge in [-0.2, -0.15) is 0 Å². The summed E-state index contributed by atoms with van der Waals surface area (Å²) in [5.41, 5.74) is 4.17. The molecular formula is C16H19NO. The van der Waals surface area contributed by atoms with Crippen LogP contribution in [-0.2, 0) is 6.42 Å². The highest BCUT2D eigenvalue weighted by atomic mass is 16.1. The van der Waals surface area contributed by atoms with E-state index in [0.29, 0.717) is 5.69 Å². The van der Waals surface area contributed by atoms with E-state index < -0.39 is 0 Å². The molecule has 0 saturated heterocycles. The average molecular weight is 241 g/mol. The number of benzene rings is 1. The highest BCUT2D eigenvalue weighted by Gasteiger charge is 2.04. The molecule has 0 unspecified atom stereocenters. The van der Waals surface area contributed by atoms with Crippen molar-refractivity contribution in [2.24, 2.45) is 0 Å². The van der Waals surface area contributed by atoms with Crippen molar-refractivity contribution in [2.75, 3.05) is 0 Å². The smallest absolute Gasteiger partial charge is 0.175 e. The summed E-state index contributed by atoms with van der Waals surface area (Å²) in [5, 5.41) is 0. The molecule has 2 rings (SSSR count). The summed E-state index contributed by atoms with van der Waals surface area (Å²) in [7, 11) is 0. The van der Waals surface area contributed by atoms with Crippen molar-refractivity contribution in [1.82, 2.24) is 4.98 Å². The van der Waals surface area contributed by atoms with E-state index in [1.165, 1.54) is 18.4 Å². The van der Waals surface area contributed by atoms with Gasteiger partial charge in [0.25, 0.3) is 0 Å². The van der Waals surface area contributed by atoms with Gasteiger partial charge in [0.05, 0.1) is 5.69 Å². The molecule has 0 bridgehead atoms. The second kappa shape index (κ2) is 5.67. The third kappa shape index (κ3) is 2.89. The van der Waals surface area contributed by atoms with Crippen molar-refractivity contribution >= 4 is 5.78 Å². The molecule has 2 nitrogen and oxygen atoms in total. The normalized spacial score (nSPS) is 10.6. The standard InChI is InChI=1S/C16H19NO/c1-3-4-5-13-6-8-14(9-7-13)16-11-10-15(17-16)12(2)18/h6-11,17H,3-5H2,1-2H3. The van der Waals surface area contributed by atoms with E-state index in [9.17, 15) is 4.79 Å². The van der Waals surface area contributed by atoms with Crippen molar-refractivity contribution in [3.8, 4) is 11.3 Å². The van der Waals surface area contributed by atoms with Crippen LogP contribution in [0.5, 0.6) is 0 Å². The lowest BCUT2D eigenvalue weighted by molar-refractivity contribution is 0.101. The number of carbonyl (C=O) groups excluding carboxylic acids is 1. The second-order valence-corrected chi connectivity index (χ2v) is 4.64. The fraction of sp³-hybridized carbons (Fsp3) is 0.312. The van der Waals surface area contributed by atoms with Gasteiger partial charge in [-0.15, -0.1) is 0 Å². The number of nitrogens with one attached hydrogen (secondary N) is 1. The predicted octanol–water partition coefficient (Wildman–Crippen LogP) is 4.23. The SMILES string of the molecule is CCCCc1ccc(-c2ccc(C(C)=O)[nH]2)cc1. The molecule has 1 aromatic carbocycles. The number of H-pyrrole nitrogens is 1. The minimum Gasteiger partial charge on any atom is -0.352 e. The summed E-state index contributed by atoms with van der Waals surface area (Å²) >= 11 is 0. The van der Waals surface area contributed by atoms with Crippen LogP contribution in [0.25, 0.3) is 11.3 Å². The van der Waals surface area contributed by atoms with Gasteiger partial charge >= 0.3 is 0 Å². The molecule has 0 aliphatic rings. The molecule has 0 aliphatic carbocycles. The molecular weight excluding hydrogens is 222 g/mol. The third-order valence-electron chi connectivity index (χ3n) is 3.15. The Morgan fingerprint density at radius 3 is 2.39 bits per heavy atom. The lowest BCUT2D eigenvalue weighted by Crippen LogP contribution is -1.91. The highest BCUT2D eigenvalue weighted by Crippen LogP contribution is 2.20. The van der Waals surface area contributed by atoms with Crippen LogP contribution in [0.1, 0.15) is 42.7 Å². The van der Waals surface area contributed by atoms with E-state index in [4.69, 9.17) is 0 Å². The maximum atomic E-state index is 11.2. The number of aromatic nitrogens is 1. The van der Waals surface area contributed by atoms with E-state index in [1.54, 1.807) is 6.92 Å². The Kier molecular flexibility index (Phi) is 3.98. The monoisotopic (exact) mass is 241 g/mol. The van der Waals surface area contributed by atoms with Crippen LogP contribution in [-0.4, -0.2) is 10.8 Å². The summed E-state index contributed by atoms with van der Waals surface area (Å²) in [6.07, 6.45) is 3.59. The van der Waals surface area contributed by atoms with Gasteiger partial charge in [-0.05, 0) is 36.1 Å². The van der Waals surface area contributed by atoms with E-state index in [1.807, 2.05) is 12.1 Å². The molecule has 1 N–H and O–H groups in total. The topological polar surface area (TPSA) is 32.9 Å². The lowest BCUT2D eigenvalue weighted by atomic mass is 10.1. The van der Waals surface area contributed by atoms with Gasteiger partial charge in [-0.1, -0.05) is 37.6 Å². The summed E-state index contributed by atoms with van der Waals surface area (Å²) in [4.78, 5) is 14.4. The van der Waals surface area contributed by atoms with Crippen LogP contribution in [0.3, 0.4) is 0 Å². The predicted molar refractivity (Wildman–Crippen MR) is 74.8 cm³/mol. The molecule has 2 aromatic rings. The Bertz CT molecular complexity index is 522. The molecule has 0 spiro atoms. The fourth-order valence-corrected chi connectivity index (χ4v) is 2.00. The molecule has 0 saturated carbocycles. The molecule has 1 aromatic heterocycles. The van der Waals surface area contributed by atoms with Crippen molar-refractivity contribution < 1.29 is 4.79 Å². The summed E-state index contributed by atoms with van der Waals surface area (Å²) < 4.78 is 0. The lowest BCUT2D eigenvalue weighted by Gasteiger charge is -2.02. The number of ketones is 1. The Morgan fingerprint density at radius 2 is 1.83 bits per heavy atom. The number of aromatic amines is 1. The first-order valence-electron chi connectivity index (χ1n) is 6.50. The molecule has 0 aliphatic heterocycles. The van der Waals surface area contributed by atoms with Gasteiger partial charge in [0, 0.05) is 12.6 Å². The number of hydrogen-bond acceptors (Lipinski definition) is 1. The number of hydrogen-bond donors (Lipinski definition) is 1. The Labute approximate surface area is 108 Å². The molecule has 2 heteroatoms. The zero-order valence-corrected chi connectivity index (χ0v) is 11.0. The van der Waals surface area contributed by atoms with Crippen LogP contribution in [0.15, 0.2) is 36.4 Å². The van der Waals surface area contributed by atoms with E-state index in [2.05, 4.69) is 36.2 Å². The first-order chi connectivity index (χ1) is 8.70. The molecule has 94 valence electrons. The Morgan fingerprint density at radius 1 is 1.11 bits per heavy atom. The average Bonchev–Trinajstić information content (AvgIpc) is 2.87. The molecule has 0 amide bonds. The molecule has 18 heavy (non-hydrogen) atoms. The summed E-state index contributed by atoms with van der Waals surface area (Å²) in [6.45, 7) is 3.78. The highest BCUT2D eigenvalue weighted by molar-refractivity contribution is 5.93. The van der Waals surface area contributed by atoms with Crippen LogP contribution in [0.4, 0.5) is 0 Å². The van der Waals surface area contributed by atoms with Crippen molar-refractivity contribution in [3.63, 3.8) is 0 Å². The minimum atomic E-state index is 0.0702. The zero-order valence-electron chi connectivity index (χ0n) is 11.0. The van der Waals surface area contributed by atoms with Gasteiger partial charge in [0.2, 0.25) is 0 Å². The minimum absolute atomic E-state index is 0.0702. The van der Waals surface area contributed by atoms with Crippen LogP contribution < -0.4 is 0 Å². The van der Waals surface area contributed by atoms with Gasteiger partial charge in [-0.3, -0.25) is 4.79 Å². The van der Waals surface area contributed by atoms with Crippen molar-refractivity contribution in [2.45, 2.75) is 33.1 Å². The Hall–Kier alpha value is -1.83. The number of aryl methyl sites for hydroxylation is 1. The van der Waals surface area contributed by atoms with Crippen LogP contribution in [0, 0.1) is 0 Å². The Balaban J connectivity index is 2.15. The van der Waals surface area contributed by atoms with Crippen LogP contribution >= 0.6 is 0 Å². The summed E-state index contributed by atoms with van der Waals surface area (Å²) in [6, 6.07) is 12.3. The number of rotatable bonds is 5. The fourth-order valence-electron chi connectivity index (χ4n) is 2.00. The summed E-state index contributed by atoms with van der Waals surface area (Å²) in [5.74, 6) is 0.0702. The van der Waals surface area contributed by atoms with E-state index >= 15 is 0 Å². The van der Waals surface area contributed by atoms with E-state index in [-0.39, 0.29) is 5.78 Å². The molecule has 0 radical (unpaired) electrons. The number of unbranched alkanes of at least 4 members (excludes halogenated alkanes) is 1. The van der Waals surface area contributed by atoms with Crippen LogP contribution in [0.2, 0.25) is 0 Å². The van der Waals surface area contributed by atoms with Gasteiger partial charge in [0.1, 0.15) is 0 Å². The van der Waals surface area contributed by atoms with E-state index in [0.717, 1.165) is 17.7 Å². The maximum Gasteiger partial charge on any atom is 0.175 e. The van der Waals surface area contributed by atoms with Crippen molar-refractivity contribution in [1.29, 1.82) is 0 Å². The quantitative estimate of drug-likeness (QED) is 0.781. The molecule has 0 fully saturated rings. The number of Topliss-reactive ketones (excluding diaryl/α,β-unsaturated/α-hetero) is 1. The van der Waals surface area contributed by atoms with Gasteiger partial charge in [-0.25, -0.2) is 0 Å². The van der Waals surface area contributed by atoms with Crippen molar-refractivity contribution in [3.05, 3.63) is 47.7 Å². The first-order valence-corrected chi connectivity index (χ1v) is 6.50. The van der Waals surface area contributed by atoms with Gasteiger partial charge < -0.3 is 4.98 Å². The molecule has 0 atom stereocenters. The van der Waals surface area contributed by atoms with Gasteiger partial charge in [0.15, 0.2) is 5.78 Å². The first kappa shape index (κ1) is 12.6. The zero-order chi connectivity index (χ0) is 13.0. The number of carbonyl (C=O) groups is 1. The largest absolute Gasteiger partial charge is 0.352 e. The third-order valence-corrected chi connectivity index (χ3v) is 3.15.